The third-order valence-corrected chi connectivity index (χ3v) is 3.07. The van der Waals surface area contributed by atoms with E-state index in [1.54, 1.807) is 0 Å². The number of furan rings is 1. The van der Waals surface area contributed by atoms with E-state index in [1.807, 2.05) is 0 Å². The summed E-state index contributed by atoms with van der Waals surface area (Å²) in [5.74, 6) is -0.123. The number of hydrogen-bond acceptors (Lipinski definition) is 3. The quantitative estimate of drug-likeness (QED) is 0.606. The van der Waals surface area contributed by atoms with Crippen molar-refractivity contribution in [2.24, 2.45) is 4.36 Å². The molecule has 2 heterocycles. The van der Waals surface area contributed by atoms with E-state index in [2.05, 4.69) is 4.36 Å². The molecule has 0 radical (unpaired) electrons. The Kier molecular flexibility index (Phi) is 1.38. The SMILES string of the molecule is CS1(=O)=NC(=O)c2cocc2C1. The summed E-state index contributed by atoms with van der Waals surface area (Å²) >= 11 is 0. The van der Waals surface area contributed by atoms with Gasteiger partial charge in [0.2, 0.25) is 0 Å². The van der Waals surface area contributed by atoms with E-state index in [4.69, 9.17) is 4.42 Å². The smallest absolute Gasteiger partial charge is 0.288 e. The van der Waals surface area contributed by atoms with Gasteiger partial charge in [-0.3, -0.25) is 4.79 Å². The van der Waals surface area contributed by atoms with Crippen molar-refractivity contribution in [1.82, 2.24) is 0 Å². The van der Waals surface area contributed by atoms with Crippen LogP contribution in [0.25, 0.3) is 0 Å². The van der Waals surface area contributed by atoms with Crippen molar-refractivity contribution < 1.29 is 13.4 Å². The third-order valence-electron chi connectivity index (χ3n) is 1.67. The molecule has 1 aromatic heterocycles. The second-order valence-electron chi connectivity index (χ2n) is 2.81. The average molecular weight is 185 g/mol. The molecule has 1 aromatic rings. The van der Waals surface area contributed by atoms with Gasteiger partial charge in [-0.1, -0.05) is 0 Å². The molecule has 0 N–H and O–H groups in total. The maximum Gasteiger partial charge on any atom is 0.288 e. The summed E-state index contributed by atoms with van der Waals surface area (Å²) in [4.78, 5) is 11.2. The Morgan fingerprint density at radius 3 is 3.08 bits per heavy atom. The molecule has 0 fully saturated rings. The van der Waals surface area contributed by atoms with Gasteiger partial charge in [-0.2, -0.15) is 4.36 Å². The number of carbonyl (C=O) groups is 1. The van der Waals surface area contributed by atoms with E-state index < -0.39 is 15.6 Å². The van der Waals surface area contributed by atoms with E-state index in [0.29, 0.717) is 16.9 Å². The van der Waals surface area contributed by atoms with Crippen molar-refractivity contribution in [2.75, 3.05) is 6.26 Å². The second kappa shape index (κ2) is 2.20. The first-order valence-electron chi connectivity index (χ1n) is 3.38. The lowest BCUT2D eigenvalue weighted by Gasteiger charge is -2.07. The van der Waals surface area contributed by atoms with Gasteiger partial charge in [0.15, 0.2) is 0 Å². The molecule has 5 heteroatoms. The maximum absolute atomic E-state index is 11.4. The molecule has 0 saturated carbocycles. The van der Waals surface area contributed by atoms with E-state index in [0.717, 1.165) is 0 Å². The molecule has 1 aliphatic rings. The van der Waals surface area contributed by atoms with Crippen molar-refractivity contribution in [3.05, 3.63) is 23.7 Å². The first-order valence-corrected chi connectivity index (χ1v) is 5.47. The Morgan fingerprint density at radius 1 is 1.58 bits per heavy atom. The van der Waals surface area contributed by atoms with Crippen LogP contribution in [0.2, 0.25) is 0 Å². The summed E-state index contributed by atoms with van der Waals surface area (Å²) in [6, 6.07) is 0. The monoisotopic (exact) mass is 185 g/mol. The van der Waals surface area contributed by atoms with E-state index in [-0.39, 0.29) is 0 Å². The average Bonchev–Trinajstić information content (AvgIpc) is 2.31. The topological polar surface area (TPSA) is 59.6 Å². The largest absolute Gasteiger partial charge is 0.471 e. The first-order chi connectivity index (χ1) is 5.58. The van der Waals surface area contributed by atoms with E-state index >= 15 is 0 Å². The summed E-state index contributed by atoms with van der Waals surface area (Å²) in [5.41, 5.74) is 1.14. The van der Waals surface area contributed by atoms with Crippen LogP contribution in [-0.2, 0) is 15.5 Å². The molecule has 0 bridgehead atoms. The van der Waals surface area contributed by atoms with Crippen LogP contribution >= 0.6 is 0 Å². The second-order valence-corrected chi connectivity index (χ2v) is 5.20. The third kappa shape index (κ3) is 1.06. The van der Waals surface area contributed by atoms with Gasteiger partial charge in [-0.25, -0.2) is 4.21 Å². The molecule has 4 nitrogen and oxygen atoms in total. The summed E-state index contributed by atoms with van der Waals surface area (Å²) < 4.78 is 19.8. The zero-order chi connectivity index (χ0) is 8.77. The Labute approximate surface area is 69.8 Å². The first kappa shape index (κ1) is 7.54. The van der Waals surface area contributed by atoms with Gasteiger partial charge in [-0.05, 0) is 0 Å². The molecule has 2 rings (SSSR count). The van der Waals surface area contributed by atoms with Crippen LogP contribution in [0.5, 0.6) is 0 Å². The van der Waals surface area contributed by atoms with Gasteiger partial charge in [0, 0.05) is 11.8 Å². The Morgan fingerprint density at radius 2 is 2.33 bits per heavy atom. The fraction of sp³-hybridized carbons (Fsp3) is 0.286. The van der Waals surface area contributed by atoms with Crippen LogP contribution in [0.1, 0.15) is 15.9 Å². The highest BCUT2D eigenvalue weighted by Crippen LogP contribution is 2.20. The number of nitrogens with zero attached hydrogens (tertiary/aromatic N) is 1. The minimum absolute atomic E-state index is 0.310. The molecule has 0 aromatic carbocycles. The summed E-state index contributed by atoms with van der Waals surface area (Å²) in [6.07, 6.45) is 4.27. The van der Waals surface area contributed by atoms with Crippen molar-refractivity contribution in [3.63, 3.8) is 0 Å². The zero-order valence-electron chi connectivity index (χ0n) is 6.44. The highest BCUT2D eigenvalue weighted by atomic mass is 32.2. The van der Waals surface area contributed by atoms with Gasteiger partial charge in [0.25, 0.3) is 5.91 Å². The lowest BCUT2D eigenvalue weighted by atomic mass is 10.2. The van der Waals surface area contributed by atoms with Gasteiger partial charge in [0.05, 0.1) is 27.3 Å². The van der Waals surface area contributed by atoms with Gasteiger partial charge in [0.1, 0.15) is 6.26 Å². The molecule has 0 spiro atoms. The molecule has 64 valence electrons. The highest BCUT2D eigenvalue weighted by molar-refractivity contribution is 7.92. The minimum atomic E-state index is -2.35. The number of amides is 1. The van der Waals surface area contributed by atoms with Crippen molar-refractivity contribution in [3.8, 4) is 0 Å². The molecule has 1 amide bonds. The Bertz CT molecular complexity index is 451. The molecular weight excluding hydrogens is 178 g/mol. The molecule has 1 atom stereocenters. The van der Waals surface area contributed by atoms with Gasteiger partial charge < -0.3 is 4.42 Å². The number of rotatable bonds is 0. The number of carbonyl (C=O) groups excluding carboxylic acids is 1. The lowest BCUT2D eigenvalue weighted by molar-refractivity contribution is 0.100. The van der Waals surface area contributed by atoms with E-state index in [9.17, 15) is 9.00 Å². The van der Waals surface area contributed by atoms with Crippen LogP contribution in [0.15, 0.2) is 21.3 Å². The lowest BCUT2D eigenvalue weighted by Crippen LogP contribution is -2.13. The van der Waals surface area contributed by atoms with Crippen LogP contribution in [0.4, 0.5) is 0 Å². The van der Waals surface area contributed by atoms with Crippen LogP contribution in [-0.4, -0.2) is 16.4 Å². The molecule has 0 saturated heterocycles. The molecule has 1 unspecified atom stereocenters. The molecule has 0 aliphatic carbocycles. The predicted octanol–water partition coefficient (Wildman–Crippen LogP) is 1.03. The zero-order valence-corrected chi connectivity index (χ0v) is 7.26. The predicted molar refractivity (Wildman–Crippen MR) is 43.2 cm³/mol. The van der Waals surface area contributed by atoms with Crippen molar-refractivity contribution >= 4 is 15.6 Å². The fourth-order valence-corrected chi connectivity index (χ4v) is 2.48. The van der Waals surface area contributed by atoms with E-state index in [1.165, 1.54) is 18.8 Å². The Balaban J connectivity index is 2.65. The van der Waals surface area contributed by atoms with Crippen molar-refractivity contribution in [2.45, 2.75) is 5.75 Å². The molecule has 12 heavy (non-hydrogen) atoms. The number of hydrogen-bond donors (Lipinski definition) is 0. The van der Waals surface area contributed by atoms with Crippen LogP contribution in [0.3, 0.4) is 0 Å². The highest BCUT2D eigenvalue weighted by Gasteiger charge is 2.22. The minimum Gasteiger partial charge on any atom is -0.471 e. The van der Waals surface area contributed by atoms with Crippen LogP contribution in [0, 0.1) is 0 Å². The molecular formula is C7H7NO3S. The summed E-state index contributed by atoms with van der Waals surface area (Å²) in [5, 5.41) is 0. The maximum atomic E-state index is 11.4. The standard InChI is InChI=1S/C7H7NO3S/c1-12(10)4-5-2-11-3-6(5)7(9)8-12/h2-3H,4H2,1H3. The van der Waals surface area contributed by atoms with Crippen LogP contribution < -0.4 is 0 Å². The Hall–Kier alpha value is -1.10. The summed E-state index contributed by atoms with van der Waals surface area (Å²) in [7, 11) is -2.35. The van der Waals surface area contributed by atoms with Crippen molar-refractivity contribution in [1.29, 1.82) is 0 Å². The van der Waals surface area contributed by atoms with Gasteiger partial charge in [-0.15, -0.1) is 0 Å². The normalized spacial score (nSPS) is 27.9. The number of fused-ring (bicyclic) bond motifs is 1. The fourth-order valence-electron chi connectivity index (χ4n) is 1.17. The summed E-state index contributed by atoms with van der Waals surface area (Å²) in [6.45, 7) is 0. The van der Waals surface area contributed by atoms with Gasteiger partial charge >= 0.3 is 0 Å². The molecule has 1 aliphatic heterocycles.